The summed E-state index contributed by atoms with van der Waals surface area (Å²) in [6, 6.07) is 6.53. The number of hydrogen-bond donors (Lipinski definition) is 1. The highest BCUT2D eigenvalue weighted by Gasteiger charge is 2.20. The third kappa shape index (κ3) is 4.70. The molecule has 1 unspecified atom stereocenters. The van der Waals surface area contributed by atoms with Gasteiger partial charge < -0.3 is 14.7 Å². The number of piperazine rings is 1. The lowest BCUT2D eigenvalue weighted by Gasteiger charge is -2.37. The summed E-state index contributed by atoms with van der Waals surface area (Å²) in [6.07, 6.45) is 0.448. The van der Waals surface area contributed by atoms with Crippen LogP contribution in [0.15, 0.2) is 18.2 Å². The summed E-state index contributed by atoms with van der Waals surface area (Å²) in [7, 11) is 0. The quantitative estimate of drug-likeness (QED) is 0.784. The zero-order chi connectivity index (χ0) is 15.9. The SMILES string of the molecule is CCOCCC(O)CN1CCN(c2cccc(C)c2C)CC1. The van der Waals surface area contributed by atoms with E-state index in [0.717, 1.165) is 45.8 Å². The Morgan fingerprint density at radius 1 is 1.18 bits per heavy atom. The first kappa shape index (κ1) is 17.3. The van der Waals surface area contributed by atoms with Crippen LogP contribution in [0.2, 0.25) is 0 Å². The number of aliphatic hydroxyl groups excluding tert-OH is 1. The van der Waals surface area contributed by atoms with Crippen molar-refractivity contribution >= 4 is 5.69 Å². The Balaban J connectivity index is 1.79. The molecule has 1 aliphatic rings. The van der Waals surface area contributed by atoms with Gasteiger partial charge in [-0.05, 0) is 44.4 Å². The van der Waals surface area contributed by atoms with E-state index in [2.05, 4.69) is 41.8 Å². The van der Waals surface area contributed by atoms with E-state index in [1.165, 1.54) is 16.8 Å². The Labute approximate surface area is 134 Å². The molecular formula is C18H30N2O2. The van der Waals surface area contributed by atoms with E-state index in [4.69, 9.17) is 4.74 Å². The summed E-state index contributed by atoms with van der Waals surface area (Å²) in [5.74, 6) is 0. The van der Waals surface area contributed by atoms with E-state index in [9.17, 15) is 5.11 Å². The van der Waals surface area contributed by atoms with Gasteiger partial charge in [0, 0.05) is 51.6 Å². The average molecular weight is 306 g/mol. The van der Waals surface area contributed by atoms with Crippen LogP contribution in [-0.4, -0.2) is 62.0 Å². The molecule has 0 spiro atoms. The van der Waals surface area contributed by atoms with Crippen LogP contribution < -0.4 is 4.90 Å². The normalized spacial score (nSPS) is 17.7. The summed E-state index contributed by atoms with van der Waals surface area (Å²) >= 11 is 0. The second-order valence-electron chi connectivity index (χ2n) is 6.15. The molecule has 0 radical (unpaired) electrons. The maximum atomic E-state index is 10.1. The first-order valence-electron chi connectivity index (χ1n) is 8.41. The Morgan fingerprint density at radius 3 is 2.59 bits per heavy atom. The summed E-state index contributed by atoms with van der Waals surface area (Å²) < 4.78 is 5.31. The largest absolute Gasteiger partial charge is 0.392 e. The van der Waals surface area contributed by atoms with Crippen molar-refractivity contribution in [1.29, 1.82) is 0 Å². The van der Waals surface area contributed by atoms with Gasteiger partial charge in [0.1, 0.15) is 0 Å². The number of ether oxygens (including phenoxy) is 1. The number of rotatable bonds is 7. The summed E-state index contributed by atoms with van der Waals surface area (Å²) in [5, 5.41) is 10.1. The van der Waals surface area contributed by atoms with Gasteiger partial charge >= 0.3 is 0 Å². The Kier molecular flexibility index (Phi) is 6.68. The molecule has 0 saturated carbocycles. The zero-order valence-electron chi connectivity index (χ0n) is 14.2. The molecule has 1 N–H and O–H groups in total. The minimum Gasteiger partial charge on any atom is -0.392 e. The Hall–Kier alpha value is -1.10. The number of β-amino-alcohol motifs (C(OH)–C–C–N with tert-alkyl or cyclic N) is 1. The van der Waals surface area contributed by atoms with Gasteiger partial charge in [0.25, 0.3) is 0 Å². The van der Waals surface area contributed by atoms with Gasteiger partial charge in [-0.15, -0.1) is 0 Å². The molecule has 1 aromatic carbocycles. The highest BCUT2D eigenvalue weighted by atomic mass is 16.5. The van der Waals surface area contributed by atoms with Crippen LogP contribution in [0.4, 0.5) is 5.69 Å². The third-order valence-corrected chi connectivity index (χ3v) is 4.56. The van der Waals surface area contributed by atoms with E-state index in [0.29, 0.717) is 6.61 Å². The van der Waals surface area contributed by atoms with E-state index in [1.54, 1.807) is 0 Å². The molecule has 0 aromatic heterocycles. The predicted molar refractivity (Wildman–Crippen MR) is 91.7 cm³/mol. The van der Waals surface area contributed by atoms with Crippen molar-refractivity contribution in [3.05, 3.63) is 29.3 Å². The van der Waals surface area contributed by atoms with Crippen molar-refractivity contribution in [1.82, 2.24) is 4.90 Å². The molecule has 0 aliphatic carbocycles. The fourth-order valence-corrected chi connectivity index (χ4v) is 3.00. The average Bonchev–Trinajstić information content (AvgIpc) is 2.51. The van der Waals surface area contributed by atoms with Gasteiger partial charge in [0.2, 0.25) is 0 Å². The van der Waals surface area contributed by atoms with E-state index in [1.807, 2.05) is 6.92 Å². The number of aliphatic hydroxyl groups is 1. The van der Waals surface area contributed by atoms with Crippen molar-refractivity contribution in [2.24, 2.45) is 0 Å². The topological polar surface area (TPSA) is 35.9 Å². The first-order valence-corrected chi connectivity index (χ1v) is 8.41. The van der Waals surface area contributed by atoms with Crippen molar-refractivity contribution in [3.63, 3.8) is 0 Å². The van der Waals surface area contributed by atoms with Gasteiger partial charge in [-0.3, -0.25) is 4.90 Å². The fourth-order valence-electron chi connectivity index (χ4n) is 3.00. The smallest absolute Gasteiger partial charge is 0.0689 e. The second-order valence-corrected chi connectivity index (χ2v) is 6.15. The second kappa shape index (κ2) is 8.51. The summed E-state index contributed by atoms with van der Waals surface area (Å²) in [6.45, 7) is 12.6. The van der Waals surface area contributed by atoms with Gasteiger partial charge in [-0.25, -0.2) is 0 Å². The van der Waals surface area contributed by atoms with Gasteiger partial charge in [0.05, 0.1) is 6.10 Å². The van der Waals surface area contributed by atoms with Crippen LogP contribution in [0.3, 0.4) is 0 Å². The van der Waals surface area contributed by atoms with Crippen LogP contribution >= 0.6 is 0 Å². The molecule has 124 valence electrons. The lowest BCUT2D eigenvalue weighted by atomic mass is 10.1. The van der Waals surface area contributed by atoms with Gasteiger partial charge in [0.15, 0.2) is 0 Å². The number of benzene rings is 1. The van der Waals surface area contributed by atoms with Crippen LogP contribution in [0.5, 0.6) is 0 Å². The molecule has 1 saturated heterocycles. The van der Waals surface area contributed by atoms with E-state index in [-0.39, 0.29) is 6.10 Å². The van der Waals surface area contributed by atoms with Crippen molar-refractivity contribution in [2.75, 3.05) is 50.8 Å². The molecule has 1 aromatic rings. The molecule has 0 bridgehead atoms. The van der Waals surface area contributed by atoms with E-state index < -0.39 is 0 Å². The van der Waals surface area contributed by atoms with Gasteiger partial charge in [-0.1, -0.05) is 12.1 Å². The van der Waals surface area contributed by atoms with Crippen molar-refractivity contribution < 1.29 is 9.84 Å². The van der Waals surface area contributed by atoms with Crippen LogP contribution in [0, 0.1) is 13.8 Å². The molecule has 22 heavy (non-hydrogen) atoms. The zero-order valence-corrected chi connectivity index (χ0v) is 14.2. The Bertz CT molecular complexity index is 456. The van der Waals surface area contributed by atoms with Crippen molar-refractivity contribution in [3.8, 4) is 0 Å². The highest BCUT2D eigenvalue weighted by Crippen LogP contribution is 2.23. The number of nitrogens with zero attached hydrogens (tertiary/aromatic N) is 2. The van der Waals surface area contributed by atoms with Crippen LogP contribution in [0.1, 0.15) is 24.5 Å². The van der Waals surface area contributed by atoms with Gasteiger partial charge in [-0.2, -0.15) is 0 Å². The standard InChI is InChI=1S/C18H30N2O2/c1-4-22-13-8-17(21)14-19-9-11-20(12-10-19)18-7-5-6-15(2)16(18)3/h5-7,17,21H,4,8-14H2,1-3H3. The first-order chi connectivity index (χ1) is 10.6. The maximum Gasteiger partial charge on any atom is 0.0689 e. The van der Waals surface area contributed by atoms with Crippen LogP contribution in [0.25, 0.3) is 0 Å². The maximum absolute atomic E-state index is 10.1. The highest BCUT2D eigenvalue weighted by molar-refractivity contribution is 5.56. The lowest BCUT2D eigenvalue weighted by Crippen LogP contribution is -2.48. The summed E-state index contributed by atoms with van der Waals surface area (Å²) in [5.41, 5.74) is 4.09. The Morgan fingerprint density at radius 2 is 1.91 bits per heavy atom. The molecule has 1 aliphatic heterocycles. The number of aryl methyl sites for hydroxylation is 1. The van der Waals surface area contributed by atoms with Crippen molar-refractivity contribution in [2.45, 2.75) is 33.3 Å². The molecule has 4 heteroatoms. The molecule has 1 atom stereocenters. The monoisotopic (exact) mass is 306 g/mol. The fraction of sp³-hybridized carbons (Fsp3) is 0.667. The van der Waals surface area contributed by atoms with E-state index >= 15 is 0 Å². The molecular weight excluding hydrogens is 276 g/mol. The van der Waals surface area contributed by atoms with Crippen LogP contribution in [-0.2, 0) is 4.74 Å². The minimum atomic E-state index is -0.279. The predicted octanol–water partition coefficient (Wildman–Crippen LogP) is 2.21. The summed E-state index contributed by atoms with van der Waals surface area (Å²) in [4.78, 5) is 4.82. The number of hydrogen-bond acceptors (Lipinski definition) is 4. The molecule has 2 rings (SSSR count). The molecule has 1 heterocycles. The third-order valence-electron chi connectivity index (χ3n) is 4.56. The minimum absolute atomic E-state index is 0.279. The lowest BCUT2D eigenvalue weighted by molar-refractivity contribution is 0.0621. The molecule has 4 nitrogen and oxygen atoms in total. The molecule has 1 fully saturated rings. The molecule has 0 amide bonds. The number of anilines is 1.